The molecule has 2 fully saturated rings. The third-order valence-corrected chi connectivity index (χ3v) is 3.82. The summed E-state index contributed by atoms with van der Waals surface area (Å²) in [6.45, 7) is 0. The van der Waals surface area contributed by atoms with Gasteiger partial charge in [-0.1, -0.05) is 10.2 Å². The first-order valence-electron chi connectivity index (χ1n) is 5.13. The number of nitrogens with zero attached hydrogens (tertiary/aromatic N) is 6. The van der Waals surface area contributed by atoms with Crippen molar-refractivity contribution in [3.05, 3.63) is 20.9 Å². The van der Waals surface area contributed by atoms with E-state index in [2.05, 4.69) is 20.1 Å². The molecular weight excluding hydrogens is 263 g/mol. The first-order chi connectivity index (χ1) is 8.87. The number of rotatable bonds is 4. The molecule has 19 heavy (non-hydrogen) atoms. The van der Waals surface area contributed by atoms with Gasteiger partial charge in [-0.3, -0.25) is 4.79 Å². The second kappa shape index (κ2) is 3.74. The Kier molecular flexibility index (Phi) is 2.55. The normalized spacial score (nSPS) is 42.5. The van der Waals surface area contributed by atoms with E-state index in [1.807, 2.05) is 0 Å². The van der Waals surface area contributed by atoms with Gasteiger partial charge < -0.3 is 10.2 Å². The highest BCUT2D eigenvalue weighted by atomic mass is 19.1. The zero-order valence-corrected chi connectivity index (χ0v) is 9.21. The van der Waals surface area contributed by atoms with Crippen LogP contribution in [0.15, 0.2) is 10.2 Å². The topological polar surface area (TPSA) is 172 Å². The lowest BCUT2D eigenvalue weighted by Gasteiger charge is -2.27. The summed E-state index contributed by atoms with van der Waals surface area (Å²) in [6, 6.07) is -1.30. The summed E-state index contributed by atoms with van der Waals surface area (Å²) in [4.78, 5) is 27.0. The van der Waals surface area contributed by atoms with E-state index in [-0.39, 0.29) is 6.42 Å². The predicted molar refractivity (Wildman–Crippen MR) is 55.5 cm³/mol. The van der Waals surface area contributed by atoms with Crippen molar-refractivity contribution in [2.75, 3.05) is 0 Å². The second-order valence-electron chi connectivity index (χ2n) is 4.43. The molecule has 0 bridgehead atoms. The van der Waals surface area contributed by atoms with Crippen LogP contribution in [0.1, 0.15) is 6.42 Å². The highest BCUT2D eigenvalue weighted by molar-refractivity contribution is 5.91. The number of hydrogen-bond donors (Lipinski definition) is 2. The molecule has 100 valence electrons. The minimum atomic E-state index is -2.76. The van der Waals surface area contributed by atoms with Gasteiger partial charge in [-0.05, 0) is 17.5 Å². The van der Waals surface area contributed by atoms with Crippen LogP contribution in [0.4, 0.5) is 4.39 Å². The lowest BCUT2D eigenvalue weighted by atomic mass is 9.86. The van der Waals surface area contributed by atoms with Gasteiger partial charge in [0.1, 0.15) is 0 Å². The SMILES string of the molecule is [N-]=[N+]=N[C@@H]1C[C@@H]2[C@@H]([C@@]2(F)C(=O)O)[C@]1(N=[N+]=[N-])C(=O)O. The molecule has 2 saturated carbocycles. The summed E-state index contributed by atoms with van der Waals surface area (Å²) in [5, 5.41) is 24.3. The van der Waals surface area contributed by atoms with Crippen molar-refractivity contribution < 1.29 is 24.2 Å². The molecule has 11 heteroatoms. The molecular formula is C8H7FN6O4. The Bertz CT molecular complexity index is 566. The second-order valence-corrected chi connectivity index (χ2v) is 4.43. The number of carboxylic acids is 2. The standard InChI is InChI=1S/C8H7FN6O4/c9-7(5(16)17)2-1-3(12-14-10)8(4(2)7,6(18)19)13-15-11/h2-4H,1H2,(H,16,17)(H,18,19)/t2-,3-,4+,7-,8+/m1/s1. The number of carboxylic acid groups (broad SMARTS) is 2. The van der Waals surface area contributed by atoms with Crippen LogP contribution in [0.3, 0.4) is 0 Å². The number of azide groups is 2. The number of carbonyl (C=O) groups is 2. The van der Waals surface area contributed by atoms with Crippen molar-refractivity contribution >= 4 is 11.9 Å². The maximum Gasteiger partial charge on any atom is 0.342 e. The Hall–Kier alpha value is -2.51. The van der Waals surface area contributed by atoms with Gasteiger partial charge in [-0.2, -0.15) is 0 Å². The Balaban J connectivity index is 2.56. The summed E-state index contributed by atoms with van der Waals surface area (Å²) >= 11 is 0. The van der Waals surface area contributed by atoms with Crippen LogP contribution in [-0.4, -0.2) is 39.4 Å². The fraction of sp³-hybridized carbons (Fsp3) is 0.750. The molecule has 0 amide bonds. The van der Waals surface area contributed by atoms with E-state index >= 15 is 0 Å². The van der Waals surface area contributed by atoms with Crippen LogP contribution >= 0.6 is 0 Å². The van der Waals surface area contributed by atoms with E-state index in [4.69, 9.17) is 16.2 Å². The third kappa shape index (κ3) is 1.30. The summed E-state index contributed by atoms with van der Waals surface area (Å²) < 4.78 is 14.1. The molecule has 10 nitrogen and oxygen atoms in total. The highest BCUT2D eigenvalue weighted by Gasteiger charge is 2.85. The Labute approximate surface area is 104 Å². The van der Waals surface area contributed by atoms with Crippen molar-refractivity contribution in [2.45, 2.75) is 23.7 Å². The van der Waals surface area contributed by atoms with Crippen LogP contribution in [0.25, 0.3) is 20.9 Å². The molecule has 0 unspecified atom stereocenters. The van der Waals surface area contributed by atoms with Gasteiger partial charge in [0.2, 0.25) is 5.67 Å². The van der Waals surface area contributed by atoms with E-state index in [9.17, 15) is 19.1 Å². The number of hydrogen-bond acceptors (Lipinski definition) is 4. The maximum absolute atomic E-state index is 14.1. The number of halogens is 1. The Morgan fingerprint density at radius 3 is 2.32 bits per heavy atom. The van der Waals surface area contributed by atoms with E-state index in [0.29, 0.717) is 0 Å². The molecule has 0 spiro atoms. The quantitative estimate of drug-likeness (QED) is 0.444. The molecule has 0 aliphatic heterocycles. The van der Waals surface area contributed by atoms with Gasteiger partial charge in [-0.15, -0.1) is 0 Å². The summed E-state index contributed by atoms with van der Waals surface area (Å²) in [7, 11) is 0. The summed E-state index contributed by atoms with van der Waals surface area (Å²) in [6.07, 6.45) is -0.289. The number of alkyl halides is 1. The molecule has 5 atom stereocenters. The molecule has 2 N–H and O–H groups in total. The Morgan fingerprint density at radius 1 is 1.26 bits per heavy atom. The van der Waals surface area contributed by atoms with Gasteiger partial charge in [0, 0.05) is 21.7 Å². The van der Waals surface area contributed by atoms with Gasteiger partial charge in [0.05, 0.1) is 6.04 Å². The van der Waals surface area contributed by atoms with Crippen molar-refractivity contribution in [3.8, 4) is 0 Å². The van der Waals surface area contributed by atoms with Crippen molar-refractivity contribution in [1.29, 1.82) is 0 Å². The lowest BCUT2D eigenvalue weighted by Crippen LogP contribution is -2.50. The molecule has 0 saturated heterocycles. The van der Waals surface area contributed by atoms with E-state index < -0.39 is 41.0 Å². The van der Waals surface area contributed by atoms with Gasteiger partial charge in [0.25, 0.3) is 0 Å². The minimum absolute atomic E-state index is 0.289. The first kappa shape index (κ1) is 12.9. The zero-order valence-electron chi connectivity index (χ0n) is 9.21. The van der Waals surface area contributed by atoms with E-state index in [0.717, 1.165) is 0 Å². The molecule has 2 aliphatic carbocycles. The first-order valence-corrected chi connectivity index (χ1v) is 5.13. The fourth-order valence-electron chi connectivity index (χ4n) is 3.00. The van der Waals surface area contributed by atoms with Crippen LogP contribution in [-0.2, 0) is 9.59 Å². The minimum Gasteiger partial charge on any atom is -0.481 e. The van der Waals surface area contributed by atoms with Crippen molar-refractivity contribution in [1.82, 2.24) is 0 Å². The predicted octanol–water partition coefficient (Wildman–Crippen LogP) is 1.24. The monoisotopic (exact) mass is 270 g/mol. The van der Waals surface area contributed by atoms with Crippen LogP contribution < -0.4 is 0 Å². The molecule has 2 rings (SSSR count). The largest absolute Gasteiger partial charge is 0.481 e. The number of fused-ring (bicyclic) bond motifs is 1. The van der Waals surface area contributed by atoms with Gasteiger partial charge >= 0.3 is 11.9 Å². The molecule has 0 aromatic rings. The van der Waals surface area contributed by atoms with Crippen LogP contribution in [0, 0.1) is 11.8 Å². The average Bonchev–Trinajstić information content (AvgIpc) is 2.78. The van der Waals surface area contributed by atoms with Crippen molar-refractivity contribution in [3.63, 3.8) is 0 Å². The van der Waals surface area contributed by atoms with Gasteiger partial charge in [-0.25, -0.2) is 9.18 Å². The van der Waals surface area contributed by atoms with E-state index in [1.54, 1.807) is 0 Å². The Morgan fingerprint density at radius 2 is 1.89 bits per heavy atom. The summed E-state index contributed by atoms with van der Waals surface area (Å²) in [5.41, 5.74) is 11.7. The smallest absolute Gasteiger partial charge is 0.342 e. The maximum atomic E-state index is 14.1. The number of aliphatic carboxylic acids is 2. The molecule has 0 heterocycles. The fourth-order valence-corrected chi connectivity index (χ4v) is 3.00. The molecule has 0 radical (unpaired) electrons. The third-order valence-electron chi connectivity index (χ3n) is 3.82. The van der Waals surface area contributed by atoms with Gasteiger partial charge in [0.15, 0.2) is 5.54 Å². The highest BCUT2D eigenvalue weighted by Crippen LogP contribution is 2.69. The molecule has 0 aromatic carbocycles. The molecule has 2 aliphatic rings. The van der Waals surface area contributed by atoms with Crippen molar-refractivity contribution in [2.24, 2.45) is 22.1 Å². The average molecular weight is 270 g/mol. The molecule has 0 aromatic heterocycles. The van der Waals surface area contributed by atoms with Crippen LogP contribution in [0.5, 0.6) is 0 Å². The lowest BCUT2D eigenvalue weighted by molar-refractivity contribution is -0.150. The zero-order chi connectivity index (χ0) is 14.4. The van der Waals surface area contributed by atoms with E-state index in [1.165, 1.54) is 0 Å². The summed E-state index contributed by atoms with van der Waals surface area (Å²) in [5.74, 6) is -6.17. The van der Waals surface area contributed by atoms with Crippen LogP contribution in [0.2, 0.25) is 0 Å².